The van der Waals surface area contributed by atoms with Crippen LogP contribution in [0.2, 0.25) is 0 Å². The van der Waals surface area contributed by atoms with Crippen molar-refractivity contribution in [2.45, 2.75) is 33.4 Å². The van der Waals surface area contributed by atoms with E-state index in [2.05, 4.69) is 15.3 Å². The summed E-state index contributed by atoms with van der Waals surface area (Å²) < 4.78 is 0. The Bertz CT molecular complexity index is 751. The highest BCUT2D eigenvalue weighted by Gasteiger charge is 2.44. The number of hydrogen-bond acceptors (Lipinski definition) is 4. The van der Waals surface area contributed by atoms with Gasteiger partial charge in [0.15, 0.2) is 0 Å². The molecular weight excluding hydrogens is 304 g/mol. The van der Waals surface area contributed by atoms with E-state index >= 15 is 0 Å². The second-order valence-electron chi connectivity index (χ2n) is 6.94. The number of pyridine rings is 2. The van der Waals surface area contributed by atoms with Crippen molar-refractivity contribution in [3.63, 3.8) is 0 Å². The predicted molar refractivity (Wildman–Crippen MR) is 89.8 cm³/mol. The Morgan fingerprint density at radius 2 is 1.83 bits per heavy atom. The van der Waals surface area contributed by atoms with Gasteiger partial charge in [-0.05, 0) is 29.2 Å². The Morgan fingerprint density at radius 3 is 2.38 bits per heavy atom. The SMILES string of the molecule is CC(C)(C)[C@@H]1NC(=O)N(Cc2ccc(-c3ccccn3)nc2)C1=O. The van der Waals surface area contributed by atoms with Gasteiger partial charge in [-0.15, -0.1) is 0 Å². The molecule has 1 saturated heterocycles. The maximum Gasteiger partial charge on any atom is 0.325 e. The maximum atomic E-state index is 12.5. The van der Waals surface area contributed by atoms with Crippen molar-refractivity contribution >= 4 is 11.9 Å². The Hall–Kier alpha value is -2.76. The summed E-state index contributed by atoms with van der Waals surface area (Å²) in [5, 5.41) is 2.76. The first-order valence-electron chi connectivity index (χ1n) is 7.84. The minimum Gasteiger partial charge on any atom is -0.325 e. The first kappa shape index (κ1) is 16.1. The molecule has 6 nitrogen and oxygen atoms in total. The molecule has 3 heterocycles. The Morgan fingerprint density at radius 1 is 1.08 bits per heavy atom. The van der Waals surface area contributed by atoms with Gasteiger partial charge in [0, 0.05) is 12.4 Å². The molecule has 2 aromatic heterocycles. The molecule has 0 spiro atoms. The van der Waals surface area contributed by atoms with Crippen molar-refractivity contribution in [3.05, 3.63) is 48.3 Å². The largest absolute Gasteiger partial charge is 0.325 e. The molecule has 1 fully saturated rings. The molecule has 0 aliphatic carbocycles. The van der Waals surface area contributed by atoms with E-state index < -0.39 is 6.04 Å². The minimum atomic E-state index is -0.495. The summed E-state index contributed by atoms with van der Waals surface area (Å²) >= 11 is 0. The fraction of sp³-hybridized carbons (Fsp3) is 0.333. The molecule has 1 aliphatic rings. The highest BCUT2D eigenvalue weighted by Crippen LogP contribution is 2.26. The van der Waals surface area contributed by atoms with Crippen LogP contribution in [0.15, 0.2) is 42.7 Å². The van der Waals surface area contributed by atoms with Crippen molar-refractivity contribution in [2.75, 3.05) is 0 Å². The van der Waals surface area contributed by atoms with Gasteiger partial charge in [-0.25, -0.2) is 4.79 Å². The lowest BCUT2D eigenvalue weighted by Gasteiger charge is -2.24. The van der Waals surface area contributed by atoms with Crippen molar-refractivity contribution < 1.29 is 9.59 Å². The van der Waals surface area contributed by atoms with Crippen LogP contribution in [-0.2, 0) is 11.3 Å². The van der Waals surface area contributed by atoms with E-state index in [1.54, 1.807) is 12.4 Å². The van der Waals surface area contributed by atoms with Gasteiger partial charge in [0.05, 0.1) is 17.9 Å². The molecule has 3 rings (SSSR count). The number of urea groups is 1. The quantitative estimate of drug-likeness (QED) is 0.881. The zero-order valence-corrected chi connectivity index (χ0v) is 14.0. The summed E-state index contributed by atoms with van der Waals surface area (Å²) in [5.74, 6) is -0.193. The molecular formula is C18H20N4O2. The van der Waals surface area contributed by atoms with Gasteiger partial charge in [0.2, 0.25) is 0 Å². The smallest absolute Gasteiger partial charge is 0.325 e. The third-order valence-corrected chi connectivity index (χ3v) is 3.98. The lowest BCUT2D eigenvalue weighted by molar-refractivity contribution is -0.129. The third kappa shape index (κ3) is 3.13. The number of imide groups is 1. The number of nitrogens with one attached hydrogen (secondary N) is 1. The van der Waals surface area contributed by atoms with E-state index in [4.69, 9.17) is 0 Å². The predicted octanol–water partition coefficient (Wildman–Crippen LogP) is 2.61. The molecule has 0 unspecified atom stereocenters. The topological polar surface area (TPSA) is 75.2 Å². The monoisotopic (exact) mass is 324 g/mol. The fourth-order valence-corrected chi connectivity index (χ4v) is 2.62. The first-order valence-corrected chi connectivity index (χ1v) is 7.84. The minimum absolute atomic E-state index is 0.193. The zero-order chi connectivity index (χ0) is 17.3. The fourth-order valence-electron chi connectivity index (χ4n) is 2.62. The molecule has 1 atom stereocenters. The summed E-state index contributed by atoms with van der Waals surface area (Å²) in [7, 11) is 0. The molecule has 1 N–H and O–H groups in total. The molecule has 0 radical (unpaired) electrons. The van der Waals surface area contributed by atoms with Crippen LogP contribution in [-0.4, -0.2) is 32.8 Å². The summed E-state index contributed by atoms with van der Waals surface area (Å²) in [6, 6.07) is 8.49. The van der Waals surface area contributed by atoms with Gasteiger partial charge in [0.1, 0.15) is 6.04 Å². The number of hydrogen-bond donors (Lipinski definition) is 1. The van der Waals surface area contributed by atoms with E-state index in [0.29, 0.717) is 0 Å². The van der Waals surface area contributed by atoms with Crippen molar-refractivity contribution in [1.82, 2.24) is 20.2 Å². The third-order valence-electron chi connectivity index (χ3n) is 3.98. The Balaban J connectivity index is 1.75. The molecule has 2 aromatic rings. The van der Waals surface area contributed by atoms with Gasteiger partial charge in [-0.2, -0.15) is 0 Å². The van der Waals surface area contributed by atoms with Gasteiger partial charge in [-0.3, -0.25) is 19.7 Å². The van der Waals surface area contributed by atoms with Crippen LogP contribution in [0.5, 0.6) is 0 Å². The van der Waals surface area contributed by atoms with Crippen molar-refractivity contribution in [1.29, 1.82) is 0 Å². The maximum absolute atomic E-state index is 12.5. The number of carbonyl (C=O) groups is 2. The molecule has 0 saturated carbocycles. The highest BCUT2D eigenvalue weighted by molar-refractivity contribution is 6.04. The standard InChI is InChI=1S/C18H20N4O2/c1-18(2,3)15-16(23)22(17(24)21-15)11-12-7-8-14(20-10-12)13-6-4-5-9-19-13/h4-10,15H,11H2,1-3H3,(H,21,24)/t15-/m1/s1. The average molecular weight is 324 g/mol. The number of aromatic nitrogens is 2. The molecule has 1 aliphatic heterocycles. The molecule has 0 bridgehead atoms. The van der Waals surface area contributed by atoms with E-state index in [0.717, 1.165) is 17.0 Å². The summed E-state index contributed by atoms with van der Waals surface area (Å²) in [4.78, 5) is 34.4. The molecule has 24 heavy (non-hydrogen) atoms. The molecule has 6 heteroatoms. The van der Waals surface area contributed by atoms with Gasteiger partial charge >= 0.3 is 6.03 Å². The van der Waals surface area contributed by atoms with E-state index in [9.17, 15) is 9.59 Å². The summed E-state index contributed by atoms with van der Waals surface area (Å²) in [5.41, 5.74) is 2.02. The van der Waals surface area contributed by atoms with Crippen LogP contribution in [0.25, 0.3) is 11.4 Å². The molecule has 124 valence electrons. The van der Waals surface area contributed by atoms with Crippen LogP contribution in [0.1, 0.15) is 26.3 Å². The van der Waals surface area contributed by atoms with E-state index in [-0.39, 0.29) is 23.9 Å². The van der Waals surface area contributed by atoms with Crippen molar-refractivity contribution in [2.24, 2.45) is 5.41 Å². The number of carbonyl (C=O) groups excluding carboxylic acids is 2. The summed E-state index contributed by atoms with van der Waals surface area (Å²) in [6.45, 7) is 6.01. The first-order chi connectivity index (χ1) is 11.4. The van der Waals surface area contributed by atoms with E-state index in [1.807, 2.05) is 51.1 Å². The highest BCUT2D eigenvalue weighted by atomic mass is 16.2. The lowest BCUT2D eigenvalue weighted by Crippen LogP contribution is -2.41. The lowest BCUT2D eigenvalue weighted by atomic mass is 9.87. The number of amides is 3. The summed E-state index contributed by atoms with van der Waals surface area (Å²) in [6.07, 6.45) is 3.39. The van der Waals surface area contributed by atoms with Crippen LogP contribution in [0.3, 0.4) is 0 Å². The van der Waals surface area contributed by atoms with E-state index in [1.165, 1.54) is 4.90 Å². The van der Waals surface area contributed by atoms with Gasteiger partial charge < -0.3 is 5.32 Å². The van der Waals surface area contributed by atoms with Crippen LogP contribution in [0, 0.1) is 5.41 Å². The van der Waals surface area contributed by atoms with Crippen LogP contribution < -0.4 is 5.32 Å². The van der Waals surface area contributed by atoms with Crippen molar-refractivity contribution in [3.8, 4) is 11.4 Å². The van der Waals surface area contributed by atoms with Gasteiger partial charge in [0.25, 0.3) is 5.91 Å². The number of rotatable bonds is 3. The second-order valence-corrected chi connectivity index (χ2v) is 6.94. The Kier molecular flexibility index (Phi) is 4.05. The van der Waals surface area contributed by atoms with Crippen LogP contribution >= 0.6 is 0 Å². The Labute approximate surface area is 140 Å². The molecule has 0 aromatic carbocycles. The normalized spacial score (nSPS) is 18.0. The average Bonchev–Trinajstić information content (AvgIpc) is 2.85. The molecule has 3 amide bonds. The second kappa shape index (κ2) is 6.03. The number of nitrogens with zero attached hydrogens (tertiary/aromatic N) is 3. The van der Waals surface area contributed by atoms with Gasteiger partial charge in [-0.1, -0.05) is 32.9 Å². The van der Waals surface area contributed by atoms with Crippen LogP contribution in [0.4, 0.5) is 4.79 Å². The zero-order valence-electron chi connectivity index (χ0n) is 14.0.